The molecular formula is C21H25ClN2O5. The van der Waals surface area contributed by atoms with Crippen LogP contribution in [-0.2, 0) is 20.8 Å². The number of nitrogens with zero attached hydrogens (tertiary/aromatic N) is 2. The maximum atomic E-state index is 12.5. The highest BCUT2D eigenvalue weighted by Gasteiger charge is 2.33. The normalized spacial score (nSPS) is 16.4. The van der Waals surface area contributed by atoms with Gasteiger partial charge in [0, 0.05) is 31.2 Å². The second-order valence-corrected chi connectivity index (χ2v) is 7.14. The van der Waals surface area contributed by atoms with Crippen molar-refractivity contribution in [2.24, 2.45) is 0 Å². The van der Waals surface area contributed by atoms with Crippen molar-refractivity contribution in [2.75, 3.05) is 39.9 Å². The van der Waals surface area contributed by atoms with Crippen LogP contribution in [0, 0.1) is 0 Å². The Hall–Kier alpha value is -2.35. The minimum Gasteiger partial charge on any atom is -0.468 e. The van der Waals surface area contributed by atoms with E-state index >= 15 is 0 Å². The lowest BCUT2D eigenvalue weighted by molar-refractivity contribution is -0.148. The quantitative estimate of drug-likeness (QED) is 0.637. The van der Waals surface area contributed by atoms with Gasteiger partial charge in [-0.15, -0.1) is 0 Å². The van der Waals surface area contributed by atoms with E-state index in [2.05, 4.69) is 9.80 Å². The Morgan fingerprint density at radius 3 is 2.55 bits per heavy atom. The predicted octanol–water partition coefficient (Wildman–Crippen LogP) is 3.14. The van der Waals surface area contributed by atoms with Gasteiger partial charge in [-0.25, -0.2) is 9.59 Å². The SMILES string of the molecule is CCOC(=O)c1ccoc1CN1CCN(C(C(=O)OC)c2ccccc2Cl)CC1. The van der Waals surface area contributed by atoms with Crippen LogP contribution in [0.1, 0.15) is 34.6 Å². The van der Waals surface area contributed by atoms with Crippen molar-refractivity contribution in [3.8, 4) is 0 Å². The van der Waals surface area contributed by atoms with Crippen molar-refractivity contribution in [3.63, 3.8) is 0 Å². The molecular weight excluding hydrogens is 396 g/mol. The summed E-state index contributed by atoms with van der Waals surface area (Å²) in [7, 11) is 1.39. The summed E-state index contributed by atoms with van der Waals surface area (Å²) in [6, 6.07) is 8.41. The van der Waals surface area contributed by atoms with E-state index < -0.39 is 6.04 Å². The smallest absolute Gasteiger partial charge is 0.341 e. The van der Waals surface area contributed by atoms with Crippen LogP contribution in [0.4, 0.5) is 0 Å². The van der Waals surface area contributed by atoms with Gasteiger partial charge in [-0.2, -0.15) is 0 Å². The van der Waals surface area contributed by atoms with Crippen molar-refractivity contribution in [3.05, 3.63) is 58.5 Å². The summed E-state index contributed by atoms with van der Waals surface area (Å²) in [5.41, 5.74) is 1.20. The molecule has 1 fully saturated rings. The summed E-state index contributed by atoms with van der Waals surface area (Å²) in [6.07, 6.45) is 1.50. The number of esters is 2. The lowest BCUT2D eigenvalue weighted by atomic mass is 10.0. The van der Waals surface area contributed by atoms with Gasteiger partial charge in [-0.1, -0.05) is 29.8 Å². The minimum atomic E-state index is -0.547. The van der Waals surface area contributed by atoms with E-state index in [1.165, 1.54) is 13.4 Å². The van der Waals surface area contributed by atoms with Gasteiger partial charge >= 0.3 is 11.9 Å². The molecule has 1 aliphatic rings. The molecule has 1 unspecified atom stereocenters. The zero-order valence-corrected chi connectivity index (χ0v) is 17.4. The maximum absolute atomic E-state index is 12.5. The molecule has 1 saturated heterocycles. The molecule has 1 aromatic heterocycles. The number of hydrogen-bond donors (Lipinski definition) is 0. The zero-order valence-electron chi connectivity index (χ0n) is 16.6. The highest BCUT2D eigenvalue weighted by molar-refractivity contribution is 6.31. The highest BCUT2D eigenvalue weighted by atomic mass is 35.5. The second-order valence-electron chi connectivity index (χ2n) is 6.74. The number of halogens is 1. The summed E-state index contributed by atoms with van der Waals surface area (Å²) >= 11 is 6.33. The van der Waals surface area contributed by atoms with Crippen LogP contribution in [-0.4, -0.2) is 61.6 Å². The third kappa shape index (κ3) is 4.98. The lowest BCUT2D eigenvalue weighted by Crippen LogP contribution is -2.49. The number of piperazine rings is 1. The average molecular weight is 421 g/mol. The van der Waals surface area contributed by atoms with Crippen LogP contribution in [0.3, 0.4) is 0 Å². The molecule has 1 atom stereocenters. The first-order valence-electron chi connectivity index (χ1n) is 9.57. The molecule has 0 amide bonds. The minimum absolute atomic E-state index is 0.319. The number of hydrogen-bond acceptors (Lipinski definition) is 7. The predicted molar refractivity (Wildman–Crippen MR) is 108 cm³/mol. The number of carbonyl (C=O) groups is 2. The van der Waals surface area contributed by atoms with Crippen LogP contribution in [0.5, 0.6) is 0 Å². The van der Waals surface area contributed by atoms with E-state index in [-0.39, 0.29) is 11.9 Å². The monoisotopic (exact) mass is 420 g/mol. The third-order valence-corrected chi connectivity index (χ3v) is 5.35. The molecule has 2 aromatic rings. The molecule has 0 N–H and O–H groups in total. The van der Waals surface area contributed by atoms with Gasteiger partial charge in [0.05, 0.1) is 26.5 Å². The van der Waals surface area contributed by atoms with Crippen LogP contribution < -0.4 is 0 Å². The maximum Gasteiger partial charge on any atom is 0.341 e. The Balaban J connectivity index is 1.66. The molecule has 29 heavy (non-hydrogen) atoms. The van der Waals surface area contributed by atoms with Gasteiger partial charge in [0.25, 0.3) is 0 Å². The van der Waals surface area contributed by atoms with Gasteiger partial charge in [0.15, 0.2) is 0 Å². The Bertz CT molecular complexity index is 845. The van der Waals surface area contributed by atoms with E-state index in [1.54, 1.807) is 19.1 Å². The summed E-state index contributed by atoms with van der Waals surface area (Å²) in [5.74, 6) is -0.117. The van der Waals surface area contributed by atoms with Crippen molar-refractivity contribution in [2.45, 2.75) is 19.5 Å². The summed E-state index contributed by atoms with van der Waals surface area (Å²) in [5, 5.41) is 0.542. The molecule has 7 nitrogen and oxygen atoms in total. The number of ether oxygens (including phenoxy) is 2. The van der Waals surface area contributed by atoms with Gasteiger partial charge in [-0.05, 0) is 24.6 Å². The Kier molecular flexibility index (Phi) is 7.30. The molecule has 3 rings (SSSR count). The Morgan fingerprint density at radius 1 is 1.17 bits per heavy atom. The number of carbonyl (C=O) groups excluding carboxylic acids is 2. The van der Waals surface area contributed by atoms with Crippen LogP contribution in [0.2, 0.25) is 5.02 Å². The van der Waals surface area contributed by atoms with Gasteiger partial charge in [-0.3, -0.25) is 9.80 Å². The molecule has 0 aliphatic carbocycles. The first kappa shape index (κ1) is 21.4. The zero-order chi connectivity index (χ0) is 20.8. The molecule has 1 aromatic carbocycles. The molecule has 8 heteroatoms. The fraction of sp³-hybridized carbons (Fsp3) is 0.429. The molecule has 0 spiro atoms. The van der Waals surface area contributed by atoms with E-state index in [1.807, 2.05) is 18.2 Å². The number of benzene rings is 1. The van der Waals surface area contributed by atoms with Crippen molar-refractivity contribution in [1.82, 2.24) is 9.80 Å². The molecule has 2 heterocycles. The Labute approximate surface area is 175 Å². The van der Waals surface area contributed by atoms with Gasteiger partial charge < -0.3 is 13.9 Å². The van der Waals surface area contributed by atoms with Crippen molar-refractivity contribution < 1.29 is 23.5 Å². The number of methoxy groups -OCH3 is 1. The van der Waals surface area contributed by atoms with E-state index in [9.17, 15) is 9.59 Å². The fourth-order valence-electron chi connectivity index (χ4n) is 3.52. The average Bonchev–Trinajstić information content (AvgIpc) is 3.19. The summed E-state index contributed by atoms with van der Waals surface area (Å²) in [6.45, 7) is 5.32. The van der Waals surface area contributed by atoms with Crippen LogP contribution in [0.15, 0.2) is 41.0 Å². The lowest BCUT2D eigenvalue weighted by Gasteiger charge is -2.38. The fourth-order valence-corrected chi connectivity index (χ4v) is 3.76. The molecule has 156 valence electrons. The largest absolute Gasteiger partial charge is 0.468 e. The van der Waals surface area contributed by atoms with Crippen molar-refractivity contribution >= 4 is 23.5 Å². The van der Waals surface area contributed by atoms with Gasteiger partial charge in [0.1, 0.15) is 17.4 Å². The van der Waals surface area contributed by atoms with Crippen LogP contribution >= 0.6 is 11.6 Å². The molecule has 0 bridgehead atoms. The van der Waals surface area contributed by atoms with Crippen LogP contribution in [0.25, 0.3) is 0 Å². The van der Waals surface area contributed by atoms with E-state index in [4.69, 9.17) is 25.5 Å². The number of furan rings is 1. The first-order chi connectivity index (χ1) is 14.0. The van der Waals surface area contributed by atoms with E-state index in [0.717, 1.165) is 5.56 Å². The molecule has 0 radical (unpaired) electrons. The summed E-state index contributed by atoms with van der Waals surface area (Å²) < 4.78 is 15.6. The molecule has 0 saturated carbocycles. The van der Waals surface area contributed by atoms with E-state index in [0.29, 0.717) is 55.7 Å². The third-order valence-electron chi connectivity index (χ3n) is 5.00. The summed E-state index contributed by atoms with van der Waals surface area (Å²) in [4.78, 5) is 28.8. The topological polar surface area (TPSA) is 72.2 Å². The standard InChI is InChI=1S/C21H25ClN2O5/c1-3-28-20(25)16-8-13-29-18(16)14-23-9-11-24(12-10-23)19(21(26)27-2)15-6-4-5-7-17(15)22/h4-8,13,19H,3,9-12,14H2,1-2H3. The Morgan fingerprint density at radius 2 is 1.90 bits per heavy atom. The first-order valence-corrected chi connectivity index (χ1v) is 9.95. The van der Waals surface area contributed by atoms with Gasteiger partial charge in [0.2, 0.25) is 0 Å². The number of rotatable bonds is 7. The molecule has 1 aliphatic heterocycles. The second kappa shape index (κ2) is 9.91. The highest BCUT2D eigenvalue weighted by Crippen LogP contribution is 2.29. The van der Waals surface area contributed by atoms with Crippen molar-refractivity contribution in [1.29, 1.82) is 0 Å².